The second kappa shape index (κ2) is 8.29. The lowest BCUT2D eigenvalue weighted by Gasteiger charge is -2.26. The molecule has 5 heteroatoms. The molecule has 3 rings (SSSR count). The van der Waals surface area contributed by atoms with Crippen LogP contribution in [0, 0.1) is 17.6 Å². The quantitative estimate of drug-likeness (QED) is 0.516. The van der Waals surface area contributed by atoms with Gasteiger partial charge in [-0.05, 0) is 42.4 Å². The third kappa shape index (κ3) is 3.75. The summed E-state index contributed by atoms with van der Waals surface area (Å²) >= 11 is 0. The van der Waals surface area contributed by atoms with Gasteiger partial charge in [-0.3, -0.25) is 0 Å². The van der Waals surface area contributed by atoms with Gasteiger partial charge in [-0.25, -0.2) is 4.39 Å². The minimum atomic E-state index is -1.11. The van der Waals surface area contributed by atoms with Gasteiger partial charge in [-0.15, -0.1) is 0 Å². The molecule has 0 bridgehead atoms. The number of benzene rings is 1. The van der Waals surface area contributed by atoms with Crippen LogP contribution in [-0.2, 0) is 11.2 Å². The number of hydrogen-bond donors (Lipinski definition) is 0. The second-order valence-corrected chi connectivity index (χ2v) is 7.35. The van der Waals surface area contributed by atoms with E-state index in [4.69, 9.17) is 9.47 Å². The Kier molecular flexibility index (Phi) is 6.01. The zero-order chi connectivity index (χ0) is 20.4. The van der Waals surface area contributed by atoms with E-state index in [2.05, 4.69) is 20.1 Å². The van der Waals surface area contributed by atoms with Crippen molar-refractivity contribution in [1.29, 1.82) is 0 Å². The van der Waals surface area contributed by atoms with Crippen LogP contribution < -0.4 is 4.74 Å². The Balaban J connectivity index is 1.97. The maximum Gasteiger partial charge on any atom is 0.207 e. The summed E-state index contributed by atoms with van der Waals surface area (Å²) in [6.07, 6.45) is 7.00. The highest BCUT2D eigenvalue weighted by Crippen LogP contribution is 2.42. The lowest BCUT2D eigenvalue weighted by Crippen LogP contribution is -2.15. The Labute approximate surface area is 164 Å². The summed E-state index contributed by atoms with van der Waals surface area (Å²) < 4.78 is 54.1. The average molecular weight is 390 g/mol. The van der Waals surface area contributed by atoms with E-state index >= 15 is 0 Å². The van der Waals surface area contributed by atoms with Crippen LogP contribution in [0.25, 0.3) is 5.57 Å². The van der Waals surface area contributed by atoms with Crippen LogP contribution in [0.1, 0.15) is 50.2 Å². The van der Waals surface area contributed by atoms with E-state index in [1.54, 1.807) is 6.07 Å². The van der Waals surface area contributed by atoms with Gasteiger partial charge < -0.3 is 9.47 Å². The Morgan fingerprint density at radius 1 is 1.32 bits per heavy atom. The smallest absolute Gasteiger partial charge is 0.207 e. The van der Waals surface area contributed by atoms with Gasteiger partial charge in [-0.2, -0.15) is 8.78 Å². The van der Waals surface area contributed by atoms with Crippen molar-refractivity contribution in [3.63, 3.8) is 0 Å². The molecular weight excluding hydrogens is 365 g/mol. The minimum Gasteiger partial charge on any atom is -0.494 e. The summed E-state index contributed by atoms with van der Waals surface area (Å²) in [4.78, 5) is 0. The number of halogens is 3. The molecule has 1 aromatic carbocycles. The third-order valence-electron chi connectivity index (χ3n) is 5.42. The minimum absolute atomic E-state index is 0.158. The molecule has 150 valence electrons. The molecular formula is C23H25F3O2. The van der Waals surface area contributed by atoms with Gasteiger partial charge in [0.15, 0.2) is 23.1 Å². The van der Waals surface area contributed by atoms with Crippen LogP contribution in [0.5, 0.6) is 5.75 Å². The summed E-state index contributed by atoms with van der Waals surface area (Å²) in [5.41, 5.74) is 1.85. The highest BCUT2D eigenvalue weighted by Gasteiger charge is 2.30. The molecule has 0 radical (unpaired) electrons. The average Bonchev–Trinajstić information content (AvgIpc) is 2.70. The van der Waals surface area contributed by atoms with E-state index in [9.17, 15) is 13.2 Å². The fourth-order valence-corrected chi connectivity index (χ4v) is 3.84. The van der Waals surface area contributed by atoms with Crippen LogP contribution in [0.15, 0.2) is 48.2 Å². The number of ether oxygens (including phenoxy) is 2. The van der Waals surface area contributed by atoms with Crippen LogP contribution in [0.2, 0.25) is 0 Å². The second-order valence-electron chi connectivity index (χ2n) is 7.35. The SMILES string of the molecule is C=C(OC)/C(F)=C1/Oc2c(cc(C3=CCC(CCC)CC3)c(F)c2F)CC1=C. The van der Waals surface area contributed by atoms with E-state index < -0.39 is 17.5 Å². The van der Waals surface area contributed by atoms with Crippen molar-refractivity contribution >= 4 is 5.57 Å². The molecule has 0 N–H and O–H groups in total. The van der Waals surface area contributed by atoms with E-state index in [1.165, 1.54) is 7.11 Å². The zero-order valence-electron chi connectivity index (χ0n) is 16.3. The van der Waals surface area contributed by atoms with Gasteiger partial charge >= 0.3 is 0 Å². The highest BCUT2D eigenvalue weighted by atomic mass is 19.2. The first-order valence-corrected chi connectivity index (χ1v) is 9.56. The molecule has 0 aromatic heterocycles. The number of rotatable bonds is 5. The van der Waals surface area contributed by atoms with Crippen LogP contribution >= 0.6 is 0 Å². The monoisotopic (exact) mass is 390 g/mol. The molecule has 1 unspecified atom stereocenters. The molecule has 1 aliphatic carbocycles. The van der Waals surface area contributed by atoms with Crippen LogP contribution in [0.4, 0.5) is 13.2 Å². The third-order valence-corrected chi connectivity index (χ3v) is 5.42. The van der Waals surface area contributed by atoms with Gasteiger partial charge in [0.05, 0.1) is 7.11 Å². The lowest BCUT2D eigenvalue weighted by atomic mass is 9.83. The Hall–Kier alpha value is -2.43. The van der Waals surface area contributed by atoms with E-state index in [0.29, 0.717) is 17.1 Å². The highest BCUT2D eigenvalue weighted by molar-refractivity contribution is 5.69. The van der Waals surface area contributed by atoms with E-state index in [0.717, 1.165) is 37.7 Å². The topological polar surface area (TPSA) is 18.5 Å². The summed E-state index contributed by atoms with van der Waals surface area (Å²) in [5, 5.41) is 0. The molecule has 1 atom stereocenters. The molecule has 2 nitrogen and oxygen atoms in total. The number of hydrogen-bond acceptors (Lipinski definition) is 2. The molecule has 0 fully saturated rings. The largest absolute Gasteiger partial charge is 0.494 e. The number of fused-ring (bicyclic) bond motifs is 1. The summed E-state index contributed by atoms with van der Waals surface area (Å²) in [5.74, 6) is -3.17. The Morgan fingerprint density at radius 3 is 2.68 bits per heavy atom. The zero-order valence-corrected chi connectivity index (χ0v) is 16.3. The van der Waals surface area contributed by atoms with Crippen LogP contribution in [0.3, 0.4) is 0 Å². The fraction of sp³-hybridized carbons (Fsp3) is 0.391. The first-order chi connectivity index (χ1) is 13.4. The van der Waals surface area contributed by atoms with Crippen molar-refractivity contribution in [2.45, 2.75) is 45.4 Å². The molecule has 0 saturated heterocycles. The molecule has 2 aliphatic rings. The number of allylic oxidation sites excluding steroid dienone is 4. The Bertz CT molecular complexity index is 880. The van der Waals surface area contributed by atoms with Crippen molar-refractivity contribution in [1.82, 2.24) is 0 Å². The van der Waals surface area contributed by atoms with Crippen molar-refractivity contribution in [3.8, 4) is 5.75 Å². The van der Waals surface area contributed by atoms with Crippen molar-refractivity contribution in [3.05, 3.63) is 71.0 Å². The van der Waals surface area contributed by atoms with Crippen molar-refractivity contribution < 1.29 is 22.6 Å². The molecule has 1 heterocycles. The lowest BCUT2D eigenvalue weighted by molar-refractivity contribution is 0.272. The van der Waals surface area contributed by atoms with Gasteiger partial charge in [0.25, 0.3) is 0 Å². The van der Waals surface area contributed by atoms with Gasteiger partial charge in [0.2, 0.25) is 11.6 Å². The van der Waals surface area contributed by atoms with Gasteiger partial charge in [-0.1, -0.05) is 39.0 Å². The predicted molar refractivity (Wildman–Crippen MR) is 104 cm³/mol. The predicted octanol–water partition coefficient (Wildman–Crippen LogP) is 6.78. The molecule has 0 amide bonds. The fourth-order valence-electron chi connectivity index (χ4n) is 3.84. The maximum absolute atomic E-state index is 14.8. The Morgan fingerprint density at radius 2 is 2.07 bits per heavy atom. The summed E-state index contributed by atoms with van der Waals surface area (Å²) in [7, 11) is 1.26. The molecule has 0 spiro atoms. The molecule has 1 aromatic rings. The first-order valence-electron chi connectivity index (χ1n) is 9.56. The molecule has 1 aliphatic heterocycles. The molecule has 0 saturated carbocycles. The maximum atomic E-state index is 14.8. The van der Waals surface area contributed by atoms with Gasteiger partial charge in [0.1, 0.15) is 0 Å². The van der Waals surface area contributed by atoms with Crippen molar-refractivity contribution in [2.24, 2.45) is 5.92 Å². The van der Waals surface area contributed by atoms with E-state index in [-0.39, 0.29) is 29.3 Å². The first kappa shape index (κ1) is 20.3. The number of methoxy groups -OCH3 is 1. The summed E-state index contributed by atoms with van der Waals surface area (Å²) in [6.45, 7) is 9.38. The normalized spacial score (nSPS) is 20.8. The standard InChI is InChI=1S/C23H25F3O2/c1-5-6-15-7-9-16(10-8-15)18-12-17-11-13(2)22(19(24)14(3)27-4)28-23(17)21(26)20(18)25/h9,12,15H,2-3,5-8,10-11H2,1,4H3/b22-19-. The molecule has 28 heavy (non-hydrogen) atoms. The van der Waals surface area contributed by atoms with Gasteiger partial charge in [0, 0.05) is 17.5 Å². The van der Waals surface area contributed by atoms with Crippen molar-refractivity contribution in [2.75, 3.05) is 7.11 Å². The van der Waals surface area contributed by atoms with E-state index in [1.807, 2.05) is 6.08 Å². The van der Waals surface area contributed by atoms with Crippen LogP contribution in [-0.4, -0.2) is 7.11 Å². The summed E-state index contributed by atoms with van der Waals surface area (Å²) in [6, 6.07) is 1.60.